The first kappa shape index (κ1) is 16.6. The average molecular weight is 310 g/mol. The summed E-state index contributed by atoms with van der Waals surface area (Å²) in [6.07, 6.45) is 6.26. The fourth-order valence-electron chi connectivity index (χ4n) is 3.28. The molecular weight excluding hydrogens is 282 g/mol. The first-order valence-corrected chi connectivity index (χ1v) is 8.29. The van der Waals surface area contributed by atoms with Gasteiger partial charge < -0.3 is 10.1 Å². The van der Waals surface area contributed by atoms with Crippen molar-refractivity contribution in [2.45, 2.75) is 58.4 Å². The van der Waals surface area contributed by atoms with Gasteiger partial charge in [-0.3, -0.25) is 0 Å². The van der Waals surface area contributed by atoms with Gasteiger partial charge in [0.1, 0.15) is 5.75 Å². The predicted octanol–water partition coefficient (Wildman–Crippen LogP) is 4.84. The van der Waals surface area contributed by atoms with Crippen molar-refractivity contribution in [2.75, 3.05) is 13.7 Å². The number of rotatable bonds is 5. The van der Waals surface area contributed by atoms with Crippen molar-refractivity contribution in [1.82, 2.24) is 5.32 Å². The molecule has 2 rings (SSSR count). The number of halogens is 1. The van der Waals surface area contributed by atoms with Crippen LogP contribution >= 0.6 is 11.6 Å². The van der Waals surface area contributed by atoms with E-state index in [-0.39, 0.29) is 5.54 Å². The smallest absolute Gasteiger partial charge is 0.122 e. The lowest BCUT2D eigenvalue weighted by Crippen LogP contribution is -2.44. The molecule has 1 saturated carbocycles. The lowest BCUT2D eigenvalue weighted by Gasteiger charge is -2.34. The highest BCUT2D eigenvalue weighted by atomic mass is 35.5. The quantitative estimate of drug-likeness (QED) is 0.840. The molecule has 1 aliphatic rings. The zero-order valence-corrected chi connectivity index (χ0v) is 14.5. The summed E-state index contributed by atoms with van der Waals surface area (Å²) in [5.41, 5.74) is 1.74. The van der Waals surface area contributed by atoms with Gasteiger partial charge in [0.25, 0.3) is 0 Å². The summed E-state index contributed by atoms with van der Waals surface area (Å²) in [4.78, 5) is 0. The van der Waals surface area contributed by atoms with E-state index in [0.29, 0.717) is 5.41 Å². The minimum atomic E-state index is 0.161. The van der Waals surface area contributed by atoms with Crippen molar-refractivity contribution in [2.24, 2.45) is 5.41 Å². The molecule has 0 radical (unpaired) electrons. The molecule has 0 atom stereocenters. The summed E-state index contributed by atoms with van der Waals surface area (Å²) >= 11 is 6.18. The van der Waals surface area contributed by atoms with Crippen molar-refractivity contribution < 1.29 is 4.74 Å². The number of hydrogen-bond donors (Lipinski definition) is 1. The van der Waals surface area contributed by atoms with Crippen LogP contribution < -0.4 is 10.1 Å². The minimum absolute atomic E-state index is 0.161. The Labute approximate surface area is 134 Å². The first-order valence-electron chi connectivity index (χ1n) is 7.91. The number of methoxy groups -OCH3 is 1. The van der Waals surface area contributed by atoms with E-state index in [4.69, 9.17) is 16.3 Å². The van der Waals surface area contributed by atoms with E-state index in [0.717, 1.165) is 23.7 Å². The Morgan fingerprint density at radius 2 is 1.90 bits per heavy atom. The van der Waals surface area contributed by atoms with E-state index in [9.17, 15) is 0 Å². The molecule has 0 saturated heterocycles. The van der Waals surface area contributed by atoms with Crippen molar-refractivity contribution in [3.8, 4) is 5.75 Å². The zero-order valence-electron chi connectivity index (χ0n) is 13.8. The van der Waals surface area contributed by atoms with Gasteiger partial charge in [0, 0.05) is 17.1 Å². The standard InChI is InChI=1S/C18H28ClNO/c1-17(2,3)20-13-18(9-5-6-10-18)12-14-11-15(19)7-8-16(14)21-4/h7-8,11,20H,5-6,9-10,12-13H2,1-4H3. The fraction of sp³-hybridized carbons (Fsp3) is 0.667. The van der Waals surface area contributed by atoms with Crippen LogP contribution in [0.1, 0.15) is 52.0 Å². The Bertz CT molecular complexity index is 473. The molecule has 1 N–H and O–H groups in total. The molecule has 0 aromatic heterocycles. The molecule has 0 amide bonds. The Balaban J connectivity index is 2.18. The minimum Gasteiger partial charge on any atom is -0.496 e. The van der Waals surface area contributed by atoms with E-state index in [1.165, 1.54) is 31.2 Å². The van der Waals surface area contributed by atoms with Gasteiger partial charge in [-0.25, -0.2) is 0 Å². The summed E-state index contributed by atoms with van der Waals surface area (Å²) in [6, 6.07) is 5.95. The zero-order chi connectivity index (χ0) is 15.5. The number of hydrogen-bond acceptors (Lipinski definition) is 2. The molecule has 0 bridgehead atoms. The lowest BCUT2D eigenvalue weighted by atomic mass is 9.79. The molecule has 2 nitrogen and oxygen atoms in total. The molecule has 0 heterocycles. The van der Waals surface area contributed by atoms with E-state index >= 15 is 0 Å². The number of benzene rings is 1. The van der Waals surface area contributed by atoms with Gasteiger partial charge in [-0.15, -0.1) is 0 Å². The van der Waals surface area contributed by atoms with E-state index in [1.807, 2.05) is 12.1 Å². The van der Waals surface area contributed by atoms with Gasteiger partial charge in [0.05, 0.1) is 7.11 Å². The maximum Gasteiger partial charge on any atom is 0.122 e. The van der Waals surface area contributed by atoms with Crippen molar-refractivity contribution in [3.63, 3.8) is 0 Å². The highest BCUT2D eigenvalue weighted by Gasteiger charge is 2.35. The second-order valence-corrected chi connectivity index (χ2v) is 7.88. The fourth-order valence-corrected chi connectivity index (χ4v) is 3.48. The van der Waals surface area contributed by atoms with Gasteiger partial charge >= 0.3 is 0 Å². The summed E-state index contributed by atoms with van der Waals surface area (Å²) in [5, 5.41) is 4.50. The molecule has 3 heteroatoms. The third kappa shape index (κ3) is 4.62. The lowest BCUT2D eigenvalue weighted by molar-refractivity contribution is 0.242. The largest absolute Gasteiger partial charge is 0.496 e. The van der Waals surface area contributed by atoms with Gasteiger partial charge in [0.2, 0.25) is 0 Å². The Hall–Kier alpha value is -0.730. The second-order valence-electron chi connectivity index (χ2n) is 7.44. The first-order chi connectivity index (χ1) is 9.84. The van der Waals surface area contributed by atoms with Crippen LogP contribution in [0.15, 0.2) is 18.2 Å². The van der Waals surface area contributed by atoms with Crippen molar-refractivity contribution in [1.29, 1.82) is 0 Å². The topological polar surface area (TPSA) is 21.3 Å². The molecule has 118 valence electrons. The second kappa shape index (κ2) is 6.58. The van der Waals surface area contributed by atoms with Crippen molar-refractivity contribution in [3.05, 3.63) is 28.8 Å². The molecule has 0 unspecified atom stereocenters. The Kier molecular flexibility index (Phi) is 5.21. The van der Waals surface area contributed by atoms with Crippen molar-refractivity contribution >= 4 is 11.6 Å². The Morgan fingerprint density at radius 3 is 2.48 bits per heavy atom. The third-order valence-corrected chi connectivity index (χ3v) is 4.70. The maximum atomic E-state index is 6.18. The Morgan fingerprint density at radius 1 is 1.24 bits per heavy atom. The van der Waals surface area contributed by atoms with Gasteiger partial charge in [0.15, 0.2) is 0 Å². The predicted molar refractivity (Wildman–Crippen MR) is 90.4 cm³/mol. The molecular formula is C18H28ClNO. The highest BCUT2D eigenvalue weighted by Crippen LogP contribution is 2.42. The van der Waals surface area contributed by atoms with Crippen LogP contribution in [0.5, 0.6) is 5.75 Å². The van der Waals surface area contributed by atoms with E-state index < -0.39 is 0 Å². The molecule has 1 fully saturated rings. The molecule has 1 aromatic rings. The van der Waals surface area contributed by atoms with E-state index in [2.05, 4.69) is 32.2 Å². The van der Waals surface area contributed by atoms with Crippen LogP contribution in [0, 0.1) is 5.41 Å². The highest BCUT2D eigenvalue weighted by molar-refractivity contribution is 6.30. The monoisotopic (exact) mass is 309 g/mol. The maximum absolute atomic E-state index is 6.18. The van der Waals surface area contributed by atoms with Crippen LogP contribution in [0.25, 0.3) is 0 Å². The van der Waals surface area contributed by atoms with Gasteiger partial charge in [-0.05, 0) is 69.2 Å². The average Bonchev–Trinajstić information content (AvgIpc) is 2.85. The molecule has 0 aliphatic heterocycles. The third-order valence-electron chi connectivity index (χ3n) is 4.47. The normalized spacial score (nSPS) is 18.0. The van der Waals surface area contributed by atoms with Crippen LogP contribution in [0.2, 0.25) is 5.02 Å². The molecule has 1 aliphatic carbocycles. The molecule has 0 spiro atoms. The van der Waals surface area contributed by atoms with Crippen LogP contribution in [0.4, 0.5) is 0 Å². The van der Waals surface area contributed by atoms with Crippen LogP contribution in [-0.2, 0) is 6.42 Å². The van der Waals surface area contributed by atoms with Gasteiger partial charge in [-0.1, -0.05) is 24.4 Å². The summed E-state index contributed by atoms with van der Waals surface area (Å²) in [5.74, 6) is 0.960. The van der Waals surface area contributed by atoms with Crippen LogP contribution in [-0.4, -0.2) is 19.2 Å². The van der Waals surface area contributed by atoms with Gasteiger partial charge in [-0.2, -0.15) is 0 Å². The van der Waals surface area contributed by atoms with E-state index in [1.54, 1.807) is 7.11 Å². The summed E-state index contributed by atoms with van der Waals surface area (Å²) < 4.78 is 5.52. The number of ether oxygens (including phenoxy) is 1. The summed E-state index contributed by atoms with van der Waals surface area (Å²) in [7, 11) is 1.74. The SMILES string of the molecule is COc1ccc(Cl)cc1CC1(CNC(C)(C)C)CCCC1. The molecule has 21 heavy (non-hydrogen) atoms. The number of nitrogens with one attached hydrogen (secondary N) is 1. The van der Waals surface area contributed by atoms with Crippen LogP contribution in [0.3, 0.4) is 0 Å². The molecule has 1 aromatic carbocycles. The summed E-state index contributed by atoms with van der Waals surface area (Å²) in [6.45, 7) is 7.76.